The van der Waals surface area contributed by atoms with Gasteiger partial charge in [0.05, 0.1) is 6.07 Å². The predicted octanol–water partition coefficient (Wildman–Crippen LogP) is 1.60. The van der Waals surface area contributed by atoms with Crippen LogP contribution >= 0.6 is 0 Å². The van der Waals surface area contributed by atoms with E-state index in [-0.39, 0.29) is 25.4 Å². The van der Waals surface area contributed by atoms with Crippen LogP contribution in [0.25, 0.3) is 0 Å². The highest BCUT2D eigenvalue weighted by Gasteiger charge is 2.28. The number of amides is 3. The molecule has 8 heteroatoms. The Hall–Kier alpha value is -3.08. The Bertz CT molecular complexity index is 670. The molecule has 0 spiro atoms. The Labute approximate surface area is 159 Å². The van der Waals surface area contributed by atoms with E-state index in [1.165, 1.54) is 0 Å². The number of carbonyl (C=O) groups is 3. The summed E-state index contributed by atoms with van der Waals surface area (Å²) < 4.78 is 5.13. The lowest BCUT2D eigenvalue weighted by Gasteiger charge is -2.24. The molecule has 2 atom stereocenters. The molecule has 0 heterocycles. The number of hydrogen-bond donors (Lipinski definition) is 3. The summed E-state index contributed by atoms with van der Waals surface area (Å²) in [7, 11) is 0. The topological polar surface area (TPSA) is 134 Å². The van der Waals surface area contributed by atoms with E-state index in [0.717, 1.165) is 5.56 Å². The zero-order chi connectivity index (χ0) is 20.2. The SMILES string of the molecule is CC(C)[C@H](NC(=O)OCc1ccccc1)C(=O)N[C@@H](CCCC#N)C(N)=O. The van der Waals surface area contributed by atoms with Crippen molar-refractivity contribution in [2.24, 2.45) is 11.7 Å². The van der Waals surface area contributed by atoms with Crippen molar-refractivity contribution in [2.45, 2.75) is 51.8 Å². The number of hydrogen-bond acceptors (Lipinski definition) is 5. The number of nitrogens with one attached hydrogen (secondary N) is 2. The van der Waals surface area contributed by atoms with Gasteiger partial charge in [-0.05, 0) is 24.3 Å². The number of nitriles is 1. The third-order valence-corrected chi connectivity index (χ3v) is 3.88. The van der Waals surface area contributed by atoms with E-state index in [2.05, 4.69) is 10.6 Å². The van der Waals surface area contributed by atoms with Crippen molar-refractivity contribution in [3.8, 4) is 6.07 Å². The van der Waals surface area contributed by atoms with Crippen LogP contribution in [0.2, 0.25) is 0 Å². The molecule has 0 saturated heterocycles. The van der Waals surface area contributed by atoms with Gasteiger partial charge in [-0.2, -0.15) is 5.26 Å². The van der Waals surface area contributed by atoms with Gasteiger partial charge in [-0.3, -0.25) is 9.59 Å². The van der Waals surface area contributed by atoms with E-state index in [9.17, 15) is 14.4 Å². The summed E-state index contributed by atoms with van der Waals surface area (Å²) in [6.07, 6.45) is 0.228. The van der Waals surface area contributed by atoms with Crippen LogP contribution in [0.3, 0.4) is 0 Å². The third kappa shape index (κ3) is 8.23. The number of primary amides is 1. The number of rotatable bonds is 10. The standard InChI is InChI=1S/C19H26N4O4/c1-13(2)16(18(25)22-15(17(21)24)10-6-7-11-20)23-19(26)27-12-14-8-4-3-5-9-14/h3-5,8-9,13,15-16H,6-7,10,12H2,1-2H3,(H2,21,24)(H,22,25)(H,23,26)/t15-,16-/m0/s1. The molecule has 146 valence electrons. The van der Waals surface area contributed by atoms with Crippen molar-refractivity contribution in [1.82, 2.24) is 10.6 Å². The molecule has 1 rings (SSSR count). The second-order valence-corrected chi connectivity index (χ2v) is 6.44. The molecule has 4 N–H and O–H groups in total. The van der Waals surface area contributed by atoms with E-state index < -0.39 is 30.0 Å². The Kier molecular flexibility index (Phi) is 9.37. The van der Waals surface area contributed by atoms with E-state index in [4.69, 9.17) is 15.7 Å². The first kappa shape index (κ1) is 22.0. The van der Waals surface area contributed by atoms with Crippen molar-refractivity contribution < 1.29 is 19.1 Å². The Morgan fingerprint density at radius 1 is 1.19 bits per heavy atom. The zero-order valence-corrected chi connectivity index (χ0v) is 15.6. The number of alkyl carbamates (subject to hydrolysis) is 1. The van der Waals surface area contributed by atoms with E-state index in [0.29, 0.717) is 6.42 Å². The van der Waals surface area contributed by atoms with Crippen molar-refractivity contribution in [3.05, 3.63) is 35.9 Å². The van der Waals surface area contributed by atoms with Gasteiger partial charge in [-0.1, -0.05) is 44.2 Å². The highest BCUT2D eigenvalue weighted by atomic mass is 16.5. The van der Waals surface area contributed by atoms with Crippen LogP contribution in [-0.2, 0) is 20.9 Å². The van der Waals surface area contributed by atoms with Crippen LogP contribution in [0.15, 0.2) is 30.3 Å². The van der Waals surface area contributed by atoms with Crippen LogP contribution < -0.4 is 16.4 Å². The molecule has 0 aliphatic heterocycles. The first-order valence-electron chi connectivity index (χ1n) is 8.79. The largest absolute Gasteiger partial charge is 0.445 e. The molecule has 0 saturated carbocycles. The highest BCUT2D eigenvalue weighted by Crippen LogP contribution is 2.07. The Morgan fingerprint density at radius 2 is 1.85 bits per heavy atom. The molecule has 0 radical (unpaired) electrons. The van der Waals surface area contributed by atoms with Crippen LogP contribution in [0.5, 0.6) is 0 Å². The van der Waals surface area contributed by atoms with Gasteiger partial charge in [0.2, 0.25) is 11.8 Å². The summed E-state index contributed by atoms with van der Waals surface area (Å²) in [5.74, 6) is -1.44. The van der Waals surface area contributed by atoms with Crippen LogP contribution in [0.4, 0.5) is 4.79 Å². The summed E-state index contributed by atoms with van der Waals surface area (Å²) in [5, 5.41) is 13.6. The summed E-state index contributed by atoms with van der Waals surface area (Å²) in [6.45, 7) is 3.60. The maximum absolute atomic E-state index is 12.5. The first-order valence-corrected chi connectivity index (χ1v) is 8.79. The lowest BCUT2D eigenvalue weighted by atomic mass is 10.0. The average molecular weight is 374 g/mol. The molecular weight excluding hydrogens is 348 g/mol. The Balaban J connectivity index is 2.61. The summed E-state index contributed by atoms with van der Waals surface area (Å²) in [6, 6.07) is 9.35. The first-order chi connectivity index (χ1) is 12.8. The zero-order valence-electron chi connectivity index (χ0n) is 15.6. The van der Waals surface area contributed by atoms with Gasteiger partial charge in [0.15, 0.2) is 0 Å². The molecule has 8 nitrogen and oxygen atoms in total. The van der Waals surface area contributed by atoms with Crippen molar-refractivity contribution >= 4 is 17.9 Å². The van der Waals surface area contributed by atoms with Crippen molar-refractivity contribution in [3.63, 3.8) is 0 Å². The van der Waals surface area contributed by atoms with Crippen LogP contribution in [0.1, 0.15) is 38.7 Å². The molecule has 1 aromatic rings. The molecule has 1 aromatic carbocycles. The van der Waals surface area contributed by atoms with E-state index in [1.54, 1.807) is 13.8 Å². The average Bonchev–Trinajstić information content (AvgIpc) is 2.64. The predicted molar refractivity (Wildman–Crippen MR) is 99.0 cm³/mol. The molecule has 0 aromatic heterocycles. The minimum absolute atomic E-state index is 0.0805. The number of benzene rings is 1. The molecule has 3 amide bonds. The summed E-state index contributed by atoms with van der Waals surface area (Å²) in [4.78, 5) is 36.0. The monoisotopic (exact) mass is 374 g/mol. The van der Waals surface area contributed by atoms with E-state index in [1.807, 2.05) is 36.4 Å². The van der Waals surface area contributed by atoms with Crippen LogP contribution in [0, 0.1) is 17.2 Å². The van der Waals surface area contributed by atoms with Crippen molar-refractivity contribution in [1.29, 1.82) is 5.26 Å². The second-order valence-electron chi connectivity index (χ2n) is 6.44. The third-order valence-electron chi connectivity index (χ3n) is 3.88. The lowest BCUT2D eigenvalue weighted by Crippen LogP contribution is -2.54. The molecule has 0 bridgehead atoms. The lowest BCUT2D eigenvalue weighted by molar-refractivity contribution is -0.129. The van der Waals surface area contributed by atoms with Gasteiger partial charge in [0.1, 0.15) is 18.7 Å². The molecule has 0 aliphatic rings. The van der Waals surface area contributed by atoms with Gasteiger partial charge in [0, 0.05) is 6.42 Å². The Morgan fingerprint density at radius 3 is 2.41 bits per heavy atom. The van der Waals surface area contributed by atoms with Gasteiger partial charge >= 0.3 is 6.09 Å². The fourth-order valence-corrected chi connectivity index (χ4v) is 2.36. The molecule has 0 fully saturated rings. The van der Waals surface area contributed by atoms with Gasteiger partial charge < -0.3 is 21.1 Å². The fourth-order valence-electron chi connectivity index (χ4n) is 2.36. The van der Waals surface area contributed by atoms with Gasteiger partial charge in [0.25, 0.3) is 0 Å². The summed E-state index contributed by atoms with van der Waals surface area (Å²) in [5.41, 5.74) is 6.13. The molecular formula is C19H26N4O4. The molecule has 0 aliphatic carbocycles. The normalized spacial score (nSPS) is 12.5. The number of ether oxygens (including phenoxy) is 1. The fraction of sp³-hybridized carbons (Fsp3) is 0.474. The minimum Gasteiger partial charge on any atom is -0.445 e. The molecule has 0 unspecified atom stereocenters. The maximum atomic E-state index is 12.5. The van der Waals surface area contributed by atoms with E-state index >= 15 is 0 Å². The van der Waals surface area contributed by atoms with Gasteiger partial charge in [-0.15, -0.1) is 0 Å². The quantitative estimate of drug-likeness (QED) is 0.535. The van der Waals surface area contributed by atoms with Crippen molar-refractivity contribution in [2.75, 3.05) is 0 Å². The smallest absolute Gasteiger partial charge is 0.408 e. The minimum atomic E-state index is -0.894. The number of unbranched alkanes of at least 4 members (excludes halogenated alkanes) is 1. The van der Waals surface area contributed by atoms with Gasteiger partial charge in [-0.25, -0.2) is 4.79 Å². The number of carbonyl (C=O) groups excluding carboxylic acids is 3. The van der Waals surface area contributed by atoms with Crippen LogP contribution in [-0.4, -0.2) is 30.0 Å². The summed E-state index contributed by atoms with van der Waals surface area (Å²) >= 11 is 0. The number of nitrogens with two attached hydrogens (primary N) is 1. The maximum Gasteiger partial charge on any atom is 0.408 e. The molecule has 27 heavy (non-hydrogen) atoms. The number of nitrogens with zero attached hydrogens (tertiary/aromatic N) is 1. The second kappa shape index (κ2) is 11.5. The highest BCUT2D eigenvalue weighted by molar-refractivity contribution is 5.90.